The van der Waals surface area contributed by atoms with Crippen LogP contribution in [-0.4, -0.2) is 50.2 Å². The average Bonchev–Trinajstić information content (AvgIpc) is 3.09. The fraction of sp³-hybridized carbons (Fsp3) is 0.588. The average molecular weight is 376 g/mol. The lowest BCUT2D eigenvalue weighted by atomic mass is 10.1. The Morgan fingerprint density at radius 1 is 1.21 bits per heavy atom. The number of rotatable bonds is 5. The maximum absolute atomic E-state index is 12.1. The molecule has 0 saturated carbocycles. The minimum absolute atomic E-state index is 0. The summed E-state index contributed by atoms with van der Waals surface area (Å²) in [5.41, 5.74) is 2.52. The van der Waals surface area contributed by atoms with E-state index in [1.165, 1.54) is 11.1 Å². The first-order chi connectivity index (χ1) is 10.8. The number of carbonyl (C=O) groups is 1. The minimum atomic E-state index is 0. The zero-order chi connectivity index (χ0) is 15.2. The Kier molecular flexibility index (Phi) is 9.63. The molecule has 5 nitrogen and oxygen atoms in total. The summed E-state index contributed by atoms with van der Waals surface area (Å²) in [5.74, 6) is 0.303. The number of hydrogen-bond donors (Lipinski definition) is 2. The normalized spacial score (nSPS) is 20.8. The summed E-state index contributed by atoms with van der Waals surface area (Å²) in [7, 11) is 0. The summed E-state index contributed by atoms with van der Waals surface area (Å²) in [5, 5.41) is 6.33. The molecule has 1 atom stereocenters. The molecule has 2 N–H and O–H groups in total. The molecule has 0 radical (unpaired) electrons. The van der Waals surface area contributed by atoms with Gasteiger partial charge in [0.05, 0.1) is 19.1 Å². The minimum Gasteiger partial charge on any atom is -0.379 e. The van der Waals surface area contributed by atoms with Crippen LogP contribution in [0, 0.1) is 5.92 Å². The number of amides is 1. The summed E-state index contributed by atoms with van der Waals surface area (Å²) < 4.78 is 5.40. The number of hydrogen-bond acceptors (Lipinski definition) is 4. The van der Waals surface area contributed by atoms with Crippen LogP contribution in [0.4, 0.5) is 0 Å². The van der Waals surface area contributed by atoms with Crippen molar-refractivity contribution >= 4 is 30.7 Å². The van der Waals surface area contributed by atoms with Crippen LogP contribution >= 0.6 is 24.8 Å². The van der Waals surface area contributed by atoms with Gasteiger partial charge in [0.1, 0.15) is 0 Å². The standard InChI is InChI=1S/C17H25N3O2.2ClH/c21-17(15-5-6-18-11-15)19-12-14-3-1-2-4-16(14)13-20-7-9-22-10-8-20;;/h1-4,15,18H,5-13H2,(H,19,21);2*1H. The van der Waals surface area contributed by atoms with Gasteiger partial charge in [-0.05, 0) is 24.1 Å². The van der Waals surface area contributed by atoms with Crippen molar-refractivity contribution in [3.63, 3.8) is 0 Å². The van der Waals surface area contributed by atoms with Gasteiger partial charge in [-0.3, -0.25) is 9.69 Å². The van der Waals surface area contributed by atoms with E-state index in [4.69, 9.17) is 4.74 Å². The zero-order valence-electron chi connectivity index (χ0n) is 13.8. The second-order valence-corrected chi connectivity index (χ2v) is 6.06. The maximum Gasteiger partial charge on any atom is 0.224 e. The molecule has 2 heterocycles. The van der Waals surface area contributed by atoms with Gasteiger partial charge in [0.25, 0.3) is 0 Å². The lowest BCUT2D eigenvalue weighted by Crippen LogP contribution is -2.36. The topological polar surface area (TPSA) is 53.6 Å². The van der Waals surface area contributed by atoms with E-state index in [1.807, 2.05) is 6.07 Å². The lowest BCUT2D eigenvalue weighted by molar-refractivity contribution is -0.124. The van der Waals surface area contributed by atoms with Crippen molar-refractivity contribution in [2.45, 2.75) is 19.5 Å². The number of nitrogens with zero attached hydrogens (tertiary/aromatic N) is 1. The van der Waals surface area contributed by atoms with Gasteiger partial charge in [0.15, 0.2) is 0 Å². The third-order valence-corrected chi connectivity index (χ3v) is 4.50. The summed E-state index contributed by atoms with van der Waals surface area (Å²) in [6, 6.07) is 8.39. The van der Waals surface area contributed by atoms with Crippen LogP contribution in [0.5, 0.6) is 0 Å². The molecule has 0 bridgehead atoms. The van der Waals surface area contributed by atoms with Crippen molar-refractivity contribution in [2.24, 2.45) is 5.92 Å². The predicted molar refractivity (Wildman–Crippen MR) is 99.9 cm³/mol. The number of ether oxygens (including phenoxy) is 1. The van der Waals surface area contributed by atoms with Gasteiger partial charge in [-0.25, -0.2) is 0 Å². The summed E-state index contributed by atoms with van der Waals surface area (Å²) in [6.45, 7) is 6.90. The van der Waals surface area contributed by atoms with Crippen LogP contribution in [0.1, 0.15) is 17.5 Å². The van der Waals surface area contributed by atoms with Crippen molar-refractivity contribution in [1.29, 1.82) is 0 Å². The van der Waals surface area contributed by atoms with Crippen molar-refractivity contribution < 1.29 is 9.53 Å². The van der Waals surface area contributed by atoms with E-state index in [0.29, 0.717) is 6.54 Å². The molecule has 0 spiro atoms. The van der Waals surface area contributed by atoms with E-state index in [9.17, 15) is 4.79 Å². The Morgan fingerprint density at radius 3 is 2.58 bits per heavy atom. The lowest BCUT2D eigenvalue weighted by Gasteiger charge is -2.27. The molecule has 3 rings (SSSR count). The molecule has 1 amide bonds. The molecule has 2 aliphatic heterocycles. The van der Waals surface area contributed by atoms with E-state index in [1.54, 1.807) is 0 Å². The molecule has 136 valence electrons. The van der Waals surface area contributed by atoms with Gasteiger partial charge >= 0.3 is 0 Å². The molecule has 7 heteroatoms. The second-order valence-electron chi connectivity index (χ2n) is 6.06. The first-order valence-electron chi connectivity index (χ1n) is 8.18. The molecule has 2 aliphatic rings. The van der Waals surface area contributed by atoms with E-state index in [2.05, 4.69) is 33.7 Å². The monoisotopic (exact) mass is 375 g/mol. The molecule has 1 aromatic carbocycles. The third kappa shape index (κ3) is 5.90. The highest BCUT2D eigenvalue weighted by Gasteiger charge is 2.22. The van der Waals surface area contributed by atoms with Gasteiger partial charge in [-0.1, -0.05) is 24.3 Å². The van der Waals surface area contributed by atoms with Gasteiger partial charge in [-0.2, -0.15) is 0 Å². The highest BCUT2D eigenvalue weighted by atomic mass is 35.5. The molecule has 2 fully saturated rings. The Morgan fingerprint density at radius 2 is 1.92 bits per heavy atom. The quantitative estimate of drug-likeness (QED) is 0.820. The molecule has 24 heavy (non-hydrogen) atoms. The molecular weight excluding hydrogens is 349 g/mol. The Labute approximate surface area is 156 Å². The SMILES string of the molecule is Cl.Cl.O=C(NCc1ccccc1CN1CCOCC1)C1CCNC1. The smallest absolute Gasteiger partial charge is 0.224 e. The van der Waals surface area contributed by atoms with E-state index in [-0.39, 0.29) is 36.6 Å². The van der Waals surface area contributed by atoms with E-state index >= 15 is 0 Å². The van der Waals surface area contributed by atoms with Crippen LogP contribution in [0.3, 0.4) is 0 Å². The number of carbonyl (C=O) groups excluding carboxylic acids is 1. The fourth-order valence-electron chi connectivity index (χ4n) is 3.09. The van der Waals surface area contributed by atoms with E-state index in [0.717, 1.165) is 52.4 Å². The third-order valence-electron chi connectivity index (χ3n) is 4.50. The van der Waals surface area contributed by atoms with Crippen molar-refractivity contribution in [1.82, 2.24) is 15.5 Å². The maximum atomic E-state index is 12.1. The Bertz CT molecular complexity index is 504. The Hall–Kier alpha value is -0.850. The predicted octanol–water partition coefficient (Wildman–Crippen LogP) is 1.59. The molecule has 1 unspecified atom stereocenters. The fourth-order valence-corrected chi connectivity index (χ4v) is 3.09. The summed E-state index contributed by atoms with van der Waals surface area (Å²) in [6.07, 6.45) is 0.946. The van der Waals surface area contributed by atoms with Gasteiger partial charge < -0.3 is 15.4 Å². The number of nitrogens with one attached hydrogen (secondary N) is 2. The number of benzene rings is 1. The summed E-state index contributed by atoms with van der Waals surface area (Å²) >= 11 is 0. The van der Waals surface area contributed by atoms with Crippen molar-refractivity contribution in [2.75, 3.05) is 39.4 Å². The van der Waals surface area contributed by atoms with Crippen LogP contribution in [0.15, 0.2) is 24.3 Å². The molecular formula is C17H27Cl2N3O2. The largest absolute Gasteiger partial charge is 0.379 e. The van der Waals surface area contributed by atoms with Gasteiger partial charge in [-0.15, -0.1) is 24.8 Å². The summed E-state index contributed by atoms with van der Waals surface area (Å²) in [4.78, 5) is 14.5. The van der Waals surface area contributed by atoms with E-state index < -0.39 is 0 Å². The van der Waals surface area contributed by atoms with Gasteiger partial charge in [0.2, 0.25) is 5.91 Å². The van der Waals surface area contributed by atoms with Crippen LogP contribution in [-0.2, 0) is 22.6 Å². The highest BCUT2D eigenvalue weighted by Crippen LogP contribution is 2.14. The molecule has 2 saturated heterocycles. The first kappa shape index (κ1) is 21.2. The molecule has 0 aromatic heterocycles. The Balaban J connectivity index is 0.00000144. The first-order valence-corrected chi connectivity index (χ1v) is 8.18. The second kappa shape index (κ2) is 10.9. The highest BCUT2D eigenvalue weighted by molar-refractivity contribution is 5.85. The van der Waals surface area contributed by atoms with Crippen molar-refractivity contribution in [3.05, 3.63) is 35.4 Å². The molecule has 0 aliphatic carbocycles. The van der Waals surface area contributed by atoms with Crippen molar-refractivity contribution in [3.8, 4) is 0 Å². The van der Waals surface area contributed by atoms with Crippen LogP contribution in [0.2, 0.25) is 0 Å². The van der Waals surface area contributed by atoms with Crippen LogP contribution in [0.25, 0.3) is 0 Å². The zero-order valence-corrected chi connectivity index (χ0v) is 15.5. The van der Waals surface area contributed by atoms with Gasteiger partial charge in [0, 0.05) is 32.7 Å². The molecule has 1 aromatic rings. The number of halogens is 2. The number of morpholine rings is 1. The van der Waals surface area contributed by atoms with Crippen LogP contribution < -0.4 is 10.6 Å².